The molecule has 2 rings (SSSR count). The van der Waals surface area contributed by atoms with E-state index in [9.17, 15) is 0 Å². The minimum absolute atomic E-state index is 0.866. The van der Waals surface area contributed by atoms with Crippen LogP contribution in [0.4, 0.5) is 0 Å². The van der Waals surface area contributed by atoms with E-state index in [-0.39, 0.29) is 0 Å². The second-order valence-electron chi connectivity index (χ2n) is 2.89. The van der Waals surface area contributed by atoms with E-state index in [1.165, 1.54) is 20.3 Å². The Labute approximate surface area is 88.6 Å². The van der Waals surface area contributed by atoms with Crippen LogP contribution in [0.25, 0.3) is 10.8 Å². The molecule has 0 aliphatic heterocycles. The molecular weight excluding hydrogens is 333 g/mol. The van der Waals surface area contributed by atoms with E-state index in [4.69, 9.17) is 0 Å². The third-order valence-electron chi connectivity index (χ3n) is 2.15. The molecule has 0 heterocycles. The molecule has 0 fully saturated rings. The molecule has 0 amide bonds. The summed E-state index contributed by atoms with van der Waals surface area (Å²) in [4.78, 5) is 0. The first kappa shape index (κ1) is 8.24. The summed E-state index contributed by atoms with van der Waals surface area (Å²) in [6.45, 7) is 0. The number of rotatable bonds is 1. The summed E-state index contributed by atoms with van der Waals surface area (Å²) in [7, 11) is 0. The molecule has 0 nitrogen and oxygen atoms in total. The van der Waals surface area contributed by atoms with Gasteiger partial charge in [0.05, 0.1) is 0 Å². The predicted octanol–water partition coefficient (Wildman–Crippen LogP) is 2.89. The van der Waals surface area contributed by atoms with Gasteiger partial charge < -0.3 is 0 Å². The third-order valence-corrected chi connectivity index (χ3v) is 4.24. The summed E-state index contributed by atoms with van der Waals surface area (Å²) in [6, 6.07) is 15.2. The monoisotopic (exact) mass is 343 g/mol. The van der Waals surface area contributed by atoms with E-state index in [1.54, 1.807) is 0 Å². The van der Waals surface area contributed by atoms with E-state index in [0.717, 1.165) is 26.1 Å². The summed E-state index contributed by atoms with van der Waals surface area (Å²) in [6.07, 6.45) is 0. The van der Waals surface area contributed by atoms with Gasteiger partial charge in [-0.05, 0) is 0 Å². The molecule has 0 aliphatic carbocycles. The summed E-state index contributed by atoms with van der Waals surface area (Å²) >= 11 is 0.866. The van der Waals surface area contributed by atoms with Crippen LogP contribution in [0.3, 0.4) is 0 Å². The van der Waals surface area contributed by atoms with Crippen LogP contribution in [-0.2, 0) is 30.1 Å². The molecule has 1 heteroatoms. The Bertz CT molecular complexity index is 388. The van der Waals surface area contributed by atoms with Crippen LogP contribution in [0.1, 0.15) is 5.56 Å². The van der Waals surface area contributed by atoms with Crippen molar-refractivity contribution in [3.8, 4) is 0 Å². The van der Waals surface area contributed by atoms with Crippen LogP contribution in [0.2, 0.25) is 0 Å². The number of hydrogen-bond donors (Lipinski definition) is 0. The molecule has 2 aromatic rings. The molecule has 0 saturated heterocycles. The average Bonchev–Trinajstić information content (AvgIpc) is 2.17. The summed E-state index contributed by atoms with van der Waals surface area (Å²) in [5, 5.41) is 2.82. The normalized spacial score (nSPS) is 10.5. The standard InChI is InChI=1S/C11H9.Hg/c1-9-5-4-7-10-6-2-3-8-11(9)10;/h2-8H,1H2;. The van der Waals surface area contributed by atoms with E-state index < -0.39 is 0 Å². The van der Waals surface area contributed by atoms with Crippen molar-refractivity contribution in [1.82, 2.24) is 0 Å². The molecule has 0 atom stereocenters. The van der Waals surface area contributed by atoms with Crippen LogP contribution in [0, 0.1) is 0 Å². The van der Waals surface area contributed by atoms with Crippen LogP contribution < -0.4 is 0 Å². The van der Waals surface area contributed by atoms with Gasteiger partial charge in [-0.2, -0.15) is 0 Å². The molecule has 0 radical (unpaired) electrons. The van der Waals surface area contributed by atoms with Crippen molar-refractivity contribution in [2.45, 2.75) is 3.93 Å². The Kier molecular flexibility index (Phi) is 2.45. The topological polar surface area (TPSA) is 0 Å². The Hall–Kier alpha value is -0.365. The fourth-order valence-corrected chi connectivity index (χ4v) is 3.21. The molecule has 55 valence electrons. The van der Waals surface area contributed by atoms with Gasteiger partial charge in [-0.3, -0.25) is 0 Å². The van der Waals surface area contributed by atoms with E-state index in [0.29, 0.717) is 0 Å². The second-order valence-corrected chi connectivity index (χ2v) is 4.83. The molecule has 0 N–H and O–H groups in total. The van der Waals surface area contributed by atoms with E-state index in [2.05, 4.69) is 42.5 Å². The van der Waals surface area contributed by atoms with Crippen molar-refractivity contribution in [1.29, 1.82) is 0 Å². The van der Waals surface area contributed by atoms with Crippen LogP contribution in [0.15, 0.2) is 42.5 Å². The Balaban J connectivity index is 2.79. The zero-order chi connectivity index (χ0) is 8.39. The van der Waals surface area contributed by atoms with Gasteiger partial charge in [0.25, 0.3) is 0 Å². The molecule has 0 spiro atoms. The SMILES string of the molecule is [Hg][CH2]c1cccc2ccccc12. The summed E-state index contributed by atoms with van der Waals surface area (Å²) in [5.74, 6) is 0. The maximum absolute atomic E-state index is 2.25. The quantitative estimate of drug-likeness (QED) is 0.700. The Morgan fingerprint density at radius 3 is 2.50 bits per heavy atom. The van der Waals surface area contributed by atoms with Crippen molar-refractivity contribution in [3.63, 3.8) is 0 Å². The van der Waals surface area contributed by atoms with Crippen molar-refractivity contribution in [2.24, 2.45) is 0 Å². The molecule has 0 saturated carbocycles. The molecule has 0 aromatic heterocycles. The van der Waals surface area contributed by atoms with Crippen molar-refractivity contribution in [2.75, 3.05) is 0 Å². The van der Waals surface area contributed by atoms with Gasteiger partial charge in [-0.1, -0.05) is 0 Å². The number of fused-ring (bicyclic) bond motifs is 1. The third kappa shape index (κ3) is 1.40. The van der Waals surface area contributed by atoms with Crippen LogP contribution in [0.5, 0.6) is 0 Å². The Morgan fingerprint density at radius 2 is 1.67 bits per heavy atom. The van der Waals surface area contributed by atoms with E-state index in [1.807, 2.05) is 0 Å². The van der Waals surface area contributed by atoms with Crippen LogP contribution >= 0.6 is 0 Å². The molecule has 0 unspecified atom stereocenters. The predicted molar refractivity (Wildman–Crippen MR) is 47.7 cm³/mol. The first-order chi connectivity index (χ1) is 5.92. The maximum atomic E-state index is 2.25. The van der Waals surface area contributed by atoms with Gasteiger partial charge in [0.15, 0.2) is 0 Å². The number of benzene rings is 2. The summed E-state index contributed by atoms with van der Waals surface area (Å²) < 4.78 is 1.31. The van der Waals surface area contributed by atoms with Crippen molar-refractivity contribution in [3.05, 3.63) is 48.0 Å². The van der Waals surface area contributed by atoms with Gasteiger partial charge in [0, 0.05) is 0 Å². The zero-order valence-electron chi connectivity index (χ0n) is 6.96. The van der Waals surface area contributed by atoms with Gasteiger partial charge in [-0.25, -0.2) is 0 Å². The Morgan fingerprint density at radius 1 is 0.917 bits per heavy atom. The first-order valence-electron chi connectivity index (χ1n) is 4.17. The fraction of sp³-hybridized carbons (Fsp3) is 0.0909. The average molecular weight is 342 g/mol. The number of hydrogen-bond acceptors (Lipinski definition) is 0. The molecule has 0 bridgehead atoms. The van der Waals surface area contributed by atoms with Crippen molar-refractivity contribution < 1.29 is 26.1 Å². The molecule has 0 aliphatic rings. The first-order valence-corrected chi connectivity index (χ1v) is 8.06. The van der Waals surface area contributed by atoms with Crippen LogP contribution in [-0.4, -0.2) is 0 Å². The van der Waals surface area contributed by atoms with Gasteiger partial charge in [-0.15, -0.1) is 0 Å². The van der Waals surface area contributed by atoms with Gasteiger partial charge in [0.2, 0.25) is 0 Å². The minimum atomic E-state index is 0.866. The summed E-state index contributed by atoms with van der Waals surface area (Å²) in [5.41, 5.74) is 1.52. The van der Waals surface area contributed by atoms with Gasteiger partial charge >= 0.3 is 88.9 Å². The molecular formula is C11H9Hg. The van der Waals surface area contributed by atoms with Crippen molar-refractivity contribution >= 4 is 10.8 Å². The van der Waals surface area contributed by atoms with Gasteiger partial charge in [0.1, 0.15) is 0 Å². The molecule has 2 aromatic carbocycles. The molecule has 12 heavy (non-hydrogen) atoms. The van der Waals surface area contributed by atoms with E-state index >= 15 is 0 Å². The second kappa shape index (κ2) is 3.57. The zero-order valence-corrected chi connectivity index (χ0v) is 12.5. The fourth-order valence-electron chi connectivity index (χ4n) is 1.51.